The number of rotatable bonds is 4. The predicted octanol–water partition coefficient (Wildman–Crippen LogP) is 1.17. The van der Waals surface area contributed by atoms with Gasteiger partial charge in [0.05, 0.1) is 18.6 Å². The van der Waals surface area contributed by atoms with Gasteiger partial charge in [0, 0.05) is 14.1 Å². The van der Waals surface area contributed by atoms with Gasteiger partial charge in [0.25, 0.3) is 0 Å². The molecule has 0 aliphatic heterocycles. The van der Waals surface area contributed by atoms with Crippen LogP contribution in [-0.4, -0.2) is 43.3 Å². The zero-order chi connectivity index (χ0) is 14.8. The Kier molecular flexibility index (Phi) is 4.42. The van der Waals surface area contributed by atoms with Crippen LogP contribution in [0.15, 0.2) is 0 Å². The van der Waals surface area contributed by atoms with E-state index in [1.54, 1.807) is 11.9 Å². The summed E-state index contributed by atoms with van der Waals surface area (Å²) in [5, 5.41) is 18.5. The first-order valence-corrected chi connectivity index (χ1v) is 7.22. The highest BCUT2D eigenvalue weighted by Gasteiger charge is 2.32. The highest BCUT2D eigenvalue weighted by Crippen LogP contribution is 2.31. The lowest BCUT2D eigenvalue weighted by molar-refractivity contribution is -0.137. The molecule has 0 atom stereocenters. The van der Waals surface area contributed by atoms with E-state index in [4.69, 9.17) is 0 Å². The molecule has 1 aromatic heterocycles. The predicted molar refractivity (Wildman–Crippen MR) is 74.9 cm³/mol. The highest BCUT2D eigenvalue weighted by atomic mass is 16.3. The lowest BCUT2D eigenvalue weighted by Crippen LogP contribution is -2.39. The molecule has 1 fully saturated rings. The lowest BCUT2D eigenvalue weighted by Gasteiger charge is -2.32. The van der Waals surface area contributed by atoms with E-state index in [0.29, 0.717) is 6.54 Å². The van der Waals surface area contributed by atoms with Crippen molar-refractivity contribution in [2.75, 3.05) is 7.05 Å². The number of hydrogen-bond donors (Lipinski definition) is 1. The molecule has 1 saturated carbocycles. The third-order valence-electron chi connectivity index (χ3n) is 4.25. The maximum atomic E-state index is 12.2. The standard InChI is InChI=1S/C14H24N4O2/c1-11-15-16-12(18(11)3)10-17(2)13(19)9-14(20)7-5-4-6-8-14/h20H,4-10H2,1-3H3. The number of hydrogen-bond acceptors (Lipinski definition) is 4. The molecule has 2 rings (SSSR count). The topological polar surface area (TPSA) is 71.2 Å². The number of aliphatic hydroxyl groups is 1. The van der Waals surface area contributed by atoms with Crippen LogP contribution < -0.4 is 0 Å². The summed E-state index contributed by atoms with van der Waals surface area (Å²) in [6.45, 7) is 2.30. The molecule has 0 aromatic carbocycles. The second-order valence-corrected chi connectivity index (χ2v) is 5.93. The summed E-state index contributed by atoms with van der Waals surface area (Å²) in [7, 11) is 3.64. The van der Waals surface area contributed by atoms with Crippen molar-refractivity contribution >= 4 is 5.91 Å². The van der Waals surface area contributed by atoms with Crippen LogP contribution in [0, 0.1) is 6.92 Å². The number of aromatic nitrogens is 3. The maximum Gasteiger partial charge on any atom is 0.225 e. The highest BCUT2D eigenvalue weighted by molar-refractivity contribution is 5.76. The minimum absolute atomic E-state index is 0.0324. The van der Waals surface area contributed by atoms with Crippen molar-refractivity contribution in [3.05, 3.63) is 11.6 Å². The minimum atomic E-state index is -0.806. The zero-order valence-corrected chi connectivity index (χ0v) is 12.6. The average Bonchev–Trinajstić information content (AvgIpc) is 2.71. The largest absolute Gasteiger partial charge is 0.389 e. The second kappa shape index (κ2) is 5.91. The fraction of sp³-hybridized carbons (Fsp3) is 0.786. The van der Waals surface area contributed by atoms with Crippen LogP contribution in [0.25, 0.3) is 0 Å². The summed E-state index contributed by atoms with van der Waals surface area (Å²) >= 11 is 0. The van der Waals surface area contributed by atoms with Gasteiger partial charge in [0.1, 0.15) is 5.82 Å². The Morgan fingerprint density at radius 1 is 1.35 bits per heavy atom. The normalized spacial score (nSPS) is 18.0. The van der Waals surface area contributed by atoms with E-state index in [0.717, 1.165) is 43.8 Å². The SMILES string of the molecule is Cc1nnc(CN(C)C(=O)CC2(O)CCCCC2)n1C. The van der Waals surface area contributed by atoms with Crippen LogP contribution in [-0.2, 0) is 18.4 Å². The molecule has 20 heavy (non-hydrogen) atoms. The molecule has 112 valence electrons. The van der Waals surface area contributed by atoms with Crippen molar-refractivity contribution in [3.8, 4) is 0 Å². The molecule has 1 aliphatic rings. The first-order valence-electron chi connectivity index (χ1n) is 7.22. The molecule has 1 aliphatic carbocycles. The van der Waals surface area contributed by atoms with Gasteiger partial charge < -0.3 is 14.6 Å². The molecule has 6 nitrogen and oxygen atoms in total. The second-order valence-electron chi connectivity index (χ2n) is 5.93. The number of aryl methyl sites for hydroxylation is 1. The molecule has 6 heteroatoms. The first-order chi connectivity index (χ1) is 9.41. The Bertz CT molecular complexity index is 478. The molecular weight excluding hydrogens is 256 g/mol. The molecule has 0 saturated heterocycles. The smallest absolute Gasteiger partial charge is 0.225 e. The van der Waals surface area contributed by atoms with Gasteiger partial charge in [-0.2, -0.15) is 0 Å². The number of carbonyl (C=O) groups excluding carboxylic acids is 1. The van der Waals surface area contributed by atoms with Crippen LogP contribution in [0.2, 0.25) is 0 Å². The Labute approximate surface area is 119 Å². The number of nitrogens with zero attached hydrogens (tertiary/aromatic N) is 4. The van der Waals surface area contributed by atoms with Crippen molar-refractivity contribution in [2.24, 2.45) is 7.05 Å². The Hall–Kier alpha value is -1.43. The molecule has 0 spiro atoms. The van der Waals surface area contributed by atoms with Crippen LogP contribution in [0.5, 0.6) is 0 Å². The van der Waals surface area contributed by atoms with Crippen molar-refractivity contribution < 1.29 is 9.90 Å². The van der Waals surface area contributed by atoms with Gasteiger partial charge in [0.2, 0.25) is 5.91 Å². The Balaban J connectivity index is 1.93. The maximum absolute atomic E-state index is 12.2. The Morgan fingerprint density at radius 2 is 2.00 bits per heavy atom. The van der Waals surface area contributed by atoms with Gasteiger partial charge in [-0.3, -0.25) is 4.79 Å². The van der Waals surface area contributed by atoms with Gasteiger partial charge in [-0.25, -0.2) is 0 Å². The Morgan fingerprint density at radius 3 is 2.55 bits per heavy atom. The van der Waals surface area contributed by atoms with E-state index in [1.165, 1.54) is 0 Å². The van der Waals surface area contributed by atoms with Gasteiger partial charge >= 0.3 is 0 Å². The van der Waals surface area contributed by atoms with E-state index in [9.17, 15) is 9.90 Å². The fourth-order valence-corrected chi connectivity index (χ4v) is 2.69. The van der Waals surface area contributed by atoms with Crippen LogP contribution >= 0.6 is 0 Å². The first kappa shape index (κ1) is 15.0. The van der Waals surface area contributed by atoms with Crippen LogP contribution in [0.4, 0.5) is 0 Å². The molecule has 1 N–H and O–H groups in total. The molecule has 1 aromatic rings. The van der Waals surface area contributed by atoms with Gasteiger partial charge in [0.15, 0.2) is 5.82 Å². The molecule has 0 unspecified atom stereocenters. The monoisotopic (exact) mass is 280 g/mol. The van der Waals surface area contributed by atoms with E-state index >= 15 is 0 Å². The molecule has 1 heterocycles. The summed E-state index contributed by atoms with van der Waals surface area (Å²) < 4.78 is 1.87. The summed E-state index contributed by atoms with van der Waals surface area (Å²) in [6.07, 6.45) is 4.85. The third kappa shape index (κ3) is 3.36. The van der Waals surface area contributed by atoms with Crippen molar-refractivity contribution in [2.45, 2.75) is 57.6 Å². The van der Waals surface area contributed by atoms with Crippen molar-refractivity contribution in [1.82, 2.24) is 19.7 Å². The van der Waals surface area contributed by atoms with E-state index in [2.05, 4.69) is 10.2 Å². The fourth-order valence-electron chi connectivity index (χ4n) is 2.69. The van der Waals surface area contributed by atoms with Gasteiger partial charge in [-0.1, -0.05) is 19.3 Å². The summed E-state index contributed by atoms with van der Waals surface area (Å²) in [6, 6.07) is 0. The molecule has 0 bridgehead atoms. The van der Waals surface area contributed by atoms with Crippen LogP contribution in [0.1, 0.15) is 50.2 Å². The summed E-state index contributed by atoms with van der Waals surface area (Å²) in [4.78, 5) is 13.9. The zero-order valence-electron chi connectivity index (χ0n) is 12.6. The number of amides is 1. The molecule has 1 amide bonds. The van der Waals surface area contributed by atoms with Crippen LogP contribution in [0.3, 0.4) is 0 Å². The average molecular weight is 280 g/mol. The quantitative estimate of drug-likeness (QED) is 0.898. The lowest BCUT2D eigenvalue weighted by atomic mass is 9.82. The molecular formula is C14H24N4O2. The van der Waals surface area contributed by atoms with Gasteiger partial charge in [-0.05, 0) is 19.8 Å². The number of carbonyl (C=O) groups is 1. The summed E-state index contributed by atoms with van der Waals surface area (Å²) in [5.74, 6) is 1.55. The van der Waals surface area contributed by atoms with E-state index in [1.807, 2.05) is 18.5 Å². The molecule has 0 radical (unpaired) electrons. The van der Waals surface area contributed by atoms with Crippen molar-refractivity contribution in [1.29, 1.82) is 0 Å². The minimum Gasteiger partial charge on any atom is -0.389 e. The third-order valence-corrected chi connectivity index (χ3v) is 4.25. The van der Waals surface area contributed by atoms with Crippen molar-refractivity contribution in [3.63, 3.8) is 0 Å². The summed E-state index contributed by atoms with van der Waals surface area (Å²) in [5.41, 5.74) is -0.806. The van der Waals surface area contributed by atoms with E-state index in [-0.39, 0.29) is 12.3 Å². The van der Waals surface area contributed by atoms with E-state index < -0.39 is 5.60 Å². The van der Waals surface area contributed by atoms with Gasteiger partial charge in [-0.15, -0.1) is 10.2 Å².